The molecule has 1 unspecified atom stereocenters. The average Bonchev–Trinajstić information content (AvgIpc) is 3.05. The normalized spacial score (nSPS) is 12.6. The Kier molecular flexibility index (Phi) is 4.90. The third kappa shape index (κ3) is 3.58. The molecule has 1 aromatic carbocycles. The van der Waals surface area contributed by atoms with Crippen molar-refractivity contribution >= 4 is 27.8 Å². The van der Waals surface area contributed by atoms with Gasteiger partial charge in [0.15, 0.2) is 0 Å². The first-order valence-corrected chi connectivity index (χ1v) is 8.38. The Hall–Kier alpha value is -2.60. The highest BCUT2D eigenvalue weighted by Gasteiger charge is 2.14. The minimum Gasteiger partial charge on any atom is -0.464 e. The maximum Gasteiger partial charge on any atom is 0.339 e. The van der Waals surface area contributed by atoms with Gasteiger partial charge in [0.1, 0.15) is 11.2 Å². The molecule has 1 atom stereocenters. The highest BCUT2D eigenvalue weighted by atomic mass is 16.4. The summed E-state index contributed by atoms with van der Waals surface area (Å²) in [5.74, 6) is -0.198. The molecule has 6 heteroatoms. The van der Waals surface area contributed by atoms with E-state index in [0.717, 1.165) is 16.3 Å². The van der Waals surface area contributed by atoms with Crippen molar-refractivity contribution in [2.75, 3.05) is 6.54 Å². The Balaban J connectivity index is 1.82. The fraction of sp³-hybridized carbons (Fsp3) is 0.368. The van der Waals surface area contributed by atoms with E-state index in [4.69, 9.17) is 8.83 Å². The number of furan rings is 1. The molecule has 0 fully saturated rings. The standard InChI is InChI=1S/C19H21NO5/c1-3-13(21)10-20-18(22)5-4-14-11(2)15-8-12-6-7-24-16(12)9-17(15)25-19(14)23/h6-9,13,21H,3-5,10H2,1-2H3,(H,20,22). The summed E-state index contributed by atoms with van der Waals surface area (Å²) in [6, 6.07) is 5.49. The molecule has 2 N–H and O–H groups in total. The van der Waals surface area contributed by atoms with Gasteiger partial charge >= 0.3 is 5.63 Å². The average molecular weight is 343 g/mol. The lowest BCUT2D eigenvalue weighted by molar-refractivity contribution is -0.121. The van der Waals surface area contributed by atoms with E-state index in [1.54, 1.807) is 12.3 Å². The molecule has 0 bridgehead atoms. The van der Waals surface area contributed by atoms with Crippen molar-refractivity contribution in [2.24, 2.45) is 0 Å². The van der Waals surface area contributed by atoms with Crippen LogP contribution in [0.15, 0.2) is 38.1 Å². The molecular formula is C19H21NO5. The van der Waals surface area contributed by atoms with Gasteiger partial charge in [-0.1, -0.05) is 6.92 Å². The fourth-order valence-corrected chi connectivity index (χ4v) is 2.84. The summed E-state index contributed by atoms with van der Waals surface area (Å²) in [4.78, 5) is 24.2. The Morgan fingerprint density at radius 3 is 2.88 bits per heavy atom. The van der Waals surface area contributed by atoms with Gasteiger partial charge in [0.2, 0.25) is 5.91 Å². The van der Waals surface area contributed by atoms with E-state index >= 15 is 0 Å². The minimum absolute atomic E-state index is 0.168. The molecular weight excluding hydrogens is 322 g/mol. The molecule has 0 radical (unpaired) electrons. The molecule has 1 amide bonds. The number of hydrogen-bond acceptors (Lipinski definition) is 5. The second-order valence-electron chi connectivity index (χ2n) is 6.17. The molecule has 25 heavy (non-hydrogen) atoms. The number of carbonyl (C=O) groups is 1. The summed E-state index contributed by atoms with van der Waals surface area (Å²) in [5.41, 5.74) is 2.02. The molecule has 2 heterocycles. The lowest BCUT2D eigenvalue weighted by atomic mass is 10.0. The molecule has 3 aromatic rings. The van der Waals surface area contributed by atoms with Crippen molar-refractivity contribution in [1.82, 2.24) is 5.32 Å². The molecule has 0 saturated heterocycles. The second-order valence-corrected chi connectivity index (χ2v) is 6.17. The third-order valence-corrected chi connectivity index (χ3v) is 4.47. The van der Waals surface area contributed by atoms with Crippen LogP contribution >= 0.6 is 0 Å². The predicted octanol–water partition coefficient (Wildman–Crippen LogP) is 2.67. The van der Waals surface area contributed by atoms with E-state index in [-0.39, 0.29) is 18.9 Å². The van der Waals surface area contributed by atoms with Crippen LogP contribution in [-0.2, 0) is 11.2 Å². The van der Waals surface area contributed by atoms with Crippen molar-refractivity contribution in [1.29, 1.82) is 0 Å². The number of aryl methyl sites for hydroxylation is 1. The van der Waals surface area contributed by atoms with Gasteiger partial charge in [0.25, 0.3) is 0 Å². The lowest BCUT2D eigenvalue weighted by Crippen LogP contribution is -2.32. The van der Waals surface area contributed by atoms with Crippen molar-refractivity contribution in [3.8, 4) is 0 Å². The van der Waals surface area contributed by atoms with Crippen LogP contribution in [0.5, 0.6) is 0 Å². The van der Waals surface area contributed by atoms with Crippen LogP contribution in [0.25, 0.3) is 21.9 Å². The number of benzene rings is 1. The van der Waals surface area contributed by atoms with Gasteiger partial charge in [-0.2, -0.15) is 0 Å². The zero-order chi connectivity index (χ0) is 18.0. The molecule has 0 aliphatic rings. The number of amides is 1. The number of carbonyl (C=O) groups excluding carboxylic acids is 1. The van der Waals surface area contributed by atoms with E-state index in [0.29, 0.717) is 29.6 Å². The maximum atomic E-state index is 12.3. The summed E-state index contributed by atoms with van der Waals surface area (Å²) in [7, 11) is 0. The number of fused-ring (bicyclic) bond motifs is 2. The molecule has 2 aromatic heterocycles. The van der Waals surface area contributed by atoms with Crippen LogP contribution in [0.1, 0.15) is 30.9 Å². The van der Waals surface area contributed by atoms with Crippen molar-refractivity contribution in [3.63, 3.8) is 0 Å². The quantitative estimate of drug-likeness (QED) is 0.671. The zero-order valence-corrected chi connectivity index (χ0v) is 14.3. The van der Waals surface area contributed by atoms with Gasteiger partial charge in [0, 0.05) is 35.4 Å². The first-order valence-electron chi connectivity index (χ1n) is 8.38. The SMILES string of the molecule is CCC(O)CNC(=O)CCc1c(C)c2cc3ccoc3cc2oc1=O. The van der Waals surface area contributed by atoms with E-state index in [1.165, 1.54) is 0 Å². The molecule has 0 spiro atoms. The van der Waals surface area contributed by atoms with Crippen LogP contribution in [0.4, 0.5) is 0 Å². The van der Waals surface area contributed by atoms with E-state index in [2.05, 4.69) is 5.32 Å². The Morgan fingerprint density at radius 2 is 2.12 bits per heavy atom. The monoisotopic (exact) mass is 343 g/mol. The Labute approximate surface area is 144 Å². The largest absolute Gasteiger partial charge is 0.464 e. The number of aliphatic hydroxyl groups excluding tert-OH is 1. The summed E-state index contributed by atoms with van der Waals surface area (Å²) in [6.07, 6.45) is 2.08. The third-order valence-electron chi connectivity index (χ3n) is 4.47. The Morgan fingerprint density at radius 1 is 1.32 bits per heavy atom. The summed E-state index contributed by atoms with van der Waals surface area (Å²) in [6.45, 7) is 3.93. The van der Waals surface area contributed by atoms with Gasteiger partial charge in [0.05, 0.1) is 12.4 Å². The summed E-state index contributed by atoms with van der Waals surface area (Å²) < 4.78 is 10.7. The van der Waals surface area contributed by atoms with E-state index in [1.807, 2.05) is 26.0 Å². The van der Waals surface area contributed by atoms with Crippen molar-refractivity contribution in [2.45, 2.75) is 39.2 Å². The van der Waals surface area contributed by atoms with Crippen LogP contribution in [0.2, 0.25) is 0 Å². The minimum atomic E-state index is -0.547. The smallest absolute Gasteiger partial charge is 0.339 e. The fourth-order valence-electron chi connectivity index (χ4n) is 2.84. The first-order chi connectivity index (χ1) is 12.0. The van der Waals surface area contributed by atoms with E-state index in [9.17, 15) is 14.7 Å². The Bertz CT molecular complexity index is 969. The van der Waals surface area contributed by atoms with Crippen LogP contribution < -0.4 is 10.9 Å². The maximum absolute atomic E-state index is 12.3. The van der Waals surface area contributed by atoms with Gasteiger partial charge in [-0.05, 0) is 37.5 Å². The van der Waals surface area contributed by atoms with Crippen LogP contribution in [-0.4, -0.2) is 23.7 Å². The van der Waals surface area contributed by atoms with Gasteiger partial charge in [-0.25, -0.2) is 4.79 Å². The molecule has 0 aliphatic heterocycles. The molecule has 0 aliphatic carbocycles. The summed E-state index contributed by atoms with van der Waals surface area (Å²) >= 11 is 0. The highest BCUT2D eigenvalue weighted by molar-refractivity contribution is 5.94. The van der Waals surface area contributed by atoms with Gasteiger partial charge in [-0.3, -0.25) is 4.79 Å². The second kappa shape index (κ2) is 7.11. The number of hydrogen-bond donors (Lipinski definition) is 2. The first kappa shape index (κ1) is 17.2. The van der Waals surface area contributed by atoms with Gasteiger partial charge in [-0.15, -0.1) is 0 Å². The number of nitrogens with one attached hydrogen (secondary N) is 1. The lowest BCUT2D eigenvalue weighted by Gasteiger charge is -2.10. The predicted molar refractivity (Wildman–Crippen MR) is 94.6 cm³/mol. The van der Waals surface area contributed by atoms with Crippen LogP contribution in [0.3, 0.4) is 0 Å². The molecule has 3 rings (SSSR count). The highest BCUT2D eigenvalue weighted by Crippen LogP contribution is 2.26. The van der Waals surface area contributed by atoms with E-state index < -0.39 is 11.7 Å². The van der Waals surface area contributed by atoms with Crippen LogP contribution in [0, 0.1) is 6.92 Å². The summed E-state index contributed by atoms with van der Waals surface area (Å²) in [5, 5.41) is 13.9. The number of rotatable bonds is 6. The number of aliphatic hydroxyl groups is 1. The molecule has 132 valence electrons. The van der Waals surface area contributed by atoms with Gasteiger partial charge < -0.3 is 19.3 Å². The zero-order valence-electron chi connectivity index (χ0n) is 14.3. The van der Waals surface area contributed by atoms with Crippen molar-refractivity contribution in [3.05, 3.63) is 46.0 Å². The molecule has 6 nitrogen and oxygen atoms in total. The topological polar surface area (TPSA) is 92.7 Å². The molecule has 0 saturated carbocycles. The van der Waals surface area contributed by atoms with Crippen molar-refractivity contribution < 1.29 is 18.7 Å².